The first-order chi connectivity index (χ1) is 15.1. The van der Waals surface area contributed by atoms with E-state index in [9.17, 15) is 0 Å². The van der Waals surface area contributed by atoms with Crippen molar-refractivity contribution in [3.8, 4) is 0 Å². The van der Waals surface area contributed by atoms with Crippen LogP contribution in [0.1, 0.15) is 182 Å². The number of rotatable bonds is 25. The predicted molar refractivity (Wildman–Crippen MR) is 144 cm³/mol. The highest BCUT2D eigenvalue weighted by atomic mass is 14.8. The maximum absolute atomic E-state index is 7.24. The Balaban J connectivity index is 4.38. The van der Waals surface area contributed by atoms with Crippen LogP contribution >= 0.6 is 0 Å². The summed E-state index contributed by atoms with van der Waals surface area (Å²) < 4.78 is 0. The van der Waals surface area contributed by atoms with Crippen molar-refractivity contribution < 1.29 is 0 Å². The summed E-state index contributed by atoms with van der Waals surface area (Å²) in [5, 5.41) is 0. The fourth-order valence-electron chi connectivity index (χ4n) is 5.36. The van der Waals surface area contributed by atoms with Gasteiger partial charge in [-0.1, -0.05) is 156 Å². The molecule has 1 heteroatoms. The minimum atomic E-state index is 0.108. The van der Waals surface area contributed by atoms with Crippen molar-refractivity contribution in [2.75, 3.05) is 0 Å². The molecule has 188 valence electrons. The average Bonchev–Trinajstić information content (AvgIpc) is 2.76. The molecule has 0 bridgehead atoms. The van der Waals surface area contributed by atoms with Crippen molar-refractivity contribution in [3.63, 3.8) is 0 Å². The lowest BCUT2D eigenvalue weighted by Gasteiger charge is -2.39. The second kappa shape index (κ2) is 23.1. The third-order valence-electron chi connectivity index (χ3n) is 7.62. The highest BCUT2D eigenvalue weighted by Gasteiger charge is 2.32. The van der Waals surface area contributed by atoms with Crippen LogP contribution in [0.2, 0.25) is 0 Å². The van der Waals surface area contributed by atoms with Crippen LogP contribution in [0, 0.1) is 5.92 Å². The monoisotopic (exact) mass is 437 g/mol. The number of hydrogen-bond acceptors (Lipinski definition) is 1. The summed E-state index contributed by atoms with van der Waals surface area (Å²) in [5.41, 5.74) is 7.34. The Morgan fingerprint density at radius 1 is 0.419 bits per heavy atom. The molecule has 0 aliphatic rings. The highest BCUT2D eigenvalue weighted by Crippen LogP contribution is 2.35. The minimum absolute atomic E-state index is 0.108. The lowest BCUT2D eigenvalue weighted by Crippen LogP contribution is -2.47. The molecule has 0 aromatic rings. The summed E-state index contributed by atoms with van der Waals surface area (Å²) in [5.74, 6) is 0.756. The highest BCUT2D eigenvalue weighted by molar-refractivity contribution is 4.91. The van der Waals surface area contributed by atoms with E-state index in [-0.39, 0.29) is 5.54 Å². The average molecular weight is 438 g/mol. The molecule has 0 fully saturated rings. The SMILES string of the molecule is CCCCCCCCCCCCCC(CCCCC)C(N)(CCCCC)CCCCC. The van der Waals surface area contributed by atoms with Crippen molar-refractivity contribution in [2.45, 2.75) is 187 Å². The molecule has 0 rings (SSSR count). The van der Waals surface area contributed by atoms with Crippen LogP contribution < -0.4 is 5.73 Å². The first-order valence-corrected chi connectivity index (χ1v) is 14.9. The van der Waals surface area contributed by atoms with Gasteiger partial charge in [0.1, 0.15) is 0 Å². The molecule has 1 atom stereocenters. The molecule has 0 amide bonds. The Morgan fingerprint density at radius 2 is 0.710 bits per heavy atom. The molecule has 0 radical (unpaired) electrons. The van der Waals surface area contributed by atoms with E-state index in [2.05, 4.69) is 27.7 Å². The van der Waals surface area contributed by atoms with Crippen molar-refractivity contribution in [3.05, 3.63) is 0 Å². The molecular weight excluding hydrogens is 374 g/mol. The maximum Gasteiger partial charge on any atom is 0.0182 e. The van der Waals surface area contributed by atoms with Gasteiger partial charge in [0.25, 0.3) is 0 Å². The summed E-state index contributed by atoms with van der Waals surface area (Å²) in [6.45, 7) is 9.27. The zero-order valence-corrected chi connectivity index (χ0v) is 22.6. The van der Waals surface area contributed by atoms with Gasteiger partial charge < -0.3 is 5.73 Å². The van der Waals surface area contributed by atoms with E-state index in [0.717, 1.165) is 5.92 Å². The van der Waals surface area contributed by atoms with Gasteiger partial charge >= 0.3 is 0 Å². The first-order valence-electron chi connectivity index (χ1n) is 14.9. The smallest absolute Gasteiger partial charge is 0.0182 e. The zero-order valence-electron chi connectivity index (χ0n) is 22.6. The summed E-state index contributed by atoms with van der Waals surface area (Å²) in [7, 11) is 0. The van der Waals surface area contributed by atoms with Gasteiger partial charge in [0.05, 0.1) is 0 Å². The standard InChI is InChI=1S/C30H63N/c1-5-9-13-14-15-16-17-18-19-20-22-26-29(25-21-10-6-2)30(31,27-23-11-7-3)28-24-12-8-4/h29H,5-28,31H2,1-4H3. The Bertz CT molecular complexity index is 327. The molecule has 0 aromatic carbocycles. The lowest BCUT2D eigenvalue weighted by atomic mass is 9.72. The summed E-state index contributed by atoms with van der Waals surface area (Å²) >= 11 is 0. The molecule has 0 aliphatic heterocycles. The topological polar surface area (TPSA) is 26.0 Å². The molecule has 0 aromatic heterocycles. The quantitative estimate of drug-likeness (QED) is 0.141. The molecule has 2 N–H and O–H groups in total. The Kier molecular flexibility index (Phi) is 23.1. The molecule has 1 unspecified atom stereocenters. The van der Waals surface area contributed by atoms with Crippen LogP contribution in [0.3, 0.4) is 0 Å². The van der Waals surface area contributed by atoms with E-state index < -0.39 is 0 Å². The molecule has 0 heterocycles. The normalized spacial score (nSPS) is 13.1. The van der Waals surface area contributed by atoms with Gasteiger partial charge in [0.2, 0.25) is 0 Å². The minimum Gasteiger partial charge on any atom is -0.325 e. The van der Waals surface area contributed by atoms with E-state index in [0.29, 0.717) is 0 Å². The van der Waals surface area contributed by atoms with Gasteiger partial charge in [-0.15, -0.1) is 0 Å². The Morgan fingerprint density at radius 3 is 1.13 bits per heavy atom. The largest absolute Gasteiger partial charge is 0.325 e. The van der Waals surface area contributed by atoms with Crippen molar-refractivity contribution in [1.82, 2.24) is 0 Å². The first kappa shape index (κ1) is 31.0. The van der Waals surface area contributed by atoms with E-state index >= 15 is 0 Å². The summed E-state index contributed by atoms with van der Waals surface area (Å²) in [6, 6.07) is 0. The number of hydrogen-bond donors (Lipinski definition) is 1. The van der Waals surface area contributed by atoms with Gasteiger partial charge in [-0.25, -0.2) is 0 Å². The van der Waals surface area contributed by atoms with Crippen molar-refractivity contribution in [1.29, 1.82) is 0 Å². The van der Waals surface area contributed by atoms with E-state index in [1.165, 1.54) is 154 Å². The molecule has 0 saturated heterocycles. The van der Waals surface area contributed by atoms with Crippen LogP contribution in [0.15, 0.2) is 0 Å². The number of unbranched alkanes of at least 4 members (excludes halogenated alkanes) is 16. The maximum atomic E-state index is 7.24. The molecule has 0 aliphatic carbocycles. The van der Waals surface area contributed by atoms with Gasteiger partial charge in [0, 0.05) is 5.54 Å². The van der Waals surface area contributed by atoms with Crippen LogP contribution in [0.25, 0.3) is 0 Å². The molecule has 31 heavy (non-hydrogen) atoms. The van der Waals surface area contributed by atoms with Crippen LogP contribution in [0.5, 0.6) is 0 Å². The lowest BCUT2D eigenvalue weighted by molar-refractivity contribution is 0.190. The van der Waals surface area contributed by atoms with Crippen molar-refractivity contribution in [2.24, 2.45) is 11.7 Å². The Hall–Kier alpha value is -0.0400. The van der Waals surface area contributed by atoms with E-state index in [4.69, 9.17) is 5.73 Å². The third-order valence-corrected chi connectivity index (χ3v) is 7.62. The van der Waals surface area contributed by atoms with Crippen molar-refractivity contribution >= 4 is 0 Å². The van der Waals surface area contributed by atoms with Crippen LogP contribution in [-0.2, 0) is 0 Å². The second-order valence-electron chi connectivity index (χ2n) is 10.7. The molecular formula is C30H63N. The van der Waals surface area contributed by atoms with Gasteiger partial charge in [-0.2, -0.15) is 0 Å². The van der Waals surface area contributed by atoms with Crippen LogP contribution in [0.4, 0.5) is 0 Å². The summed E-state index contributed by atoms with van der Waals surface area (Å²) in [6.07, 6.45) is 33.2. The molecule has 0 saturated carbocycles. The molecule has 0 spiro atoms. The number of nitrogens with two attached hydrogens (primary N) is 1. The van der Waals surface area contributed by atoms with Gasteiger partial charge in [-0.05, 0) is 31.6 Å². The van der Waals surface area contributed by atoms with E-state index in [1.54, 1.807) is 0 Å². The Labute approximate surface area is 199 Å². The van der Waals surface area contributed by atoms with Gasteiger partial charge in [-0.3, -0.25) is 0 Å². The fourth-order valence-corrected chi connectivity index (χ4v) is 5.36. The molecule has 1 nitrogen and oxygen atoms in total. The van der Waals surface area contributed by atoms with Crippen LogP contribution in [-0.4, -0.2) is 5.54 Å². The summed E-state index contributed by atoms with van der Waals surface area (Å²) in [4.78, 5) is 0. The second-order valence-corrected chi connectivity index (χ2v) is 10.7. The van der Waals surface area contributed by atoms with Gasteiger partial charge in [0.15, 0.2) is 0 Å². The van der Waals surface area contributed by atoms with E-state index in [1.807, 2.05) is 0 Å². The third kappa shape index (κ3) is 18.1. The fraction of sp³-hybridized carbons (Fsp3) is 1.00. The predicted octanol–water partition coefficient (Wildman–Crippen LogP) is 10.7. The zero-order chi connectivity index (χ0) is 23.0.